The van der Waals surface area contributed by atoms with E-state index in [0.29, 0.717) is 23.7 Å². The fourth-order valence-corrected chi connectivity index (χ4v) is 3.15. The number of halogens is 1. The quantitative estimate of drug-likeness (QED) is 0.756. The third-order valence-electron chi connectivity index (χ3n) is 4.56. The first-order valence-corrected chi connectivity index (χ1v) is 8.51. The Kier molecular flexibility index (Phi) is 4.14. The number of nitrogens with zero attached hydrogens (tertiary/aromatic N) is 4. The van der Waals surface area contributed by atoms with Crippen LogP contribution < -0.4 is 10.1 Å². The van der Waals surface area contributed by atoms with Gasteiger partial charge in [-0.25, -0.2) is 9.07 Å². The lowest BCUT2D eigenvalue weighted by molar-refractivity contribution is 0.0902. The van der Waals surface area contributed by atoms with Crippen LogP contribution in [0.5, 0.6) is 5.75 Å². The third kappa shape index (κ3) is 3.16. The van der Waals surface area contributed by atoms with Crippen molar-refractivity contribution in [1.29, 1.82) is 0 Å². The van der Waals surface area contributed by atoms with E-state index in [1.54, 1.807) is 23.7 Å². The highest BCUT2D eigenvalue weighted by molar-refractivity contribution is 5.93. The summed E-state index contributed by atoms with van der Waals surface area (Å²) in [6, 6.07) is 5.69. The molecule has 0 bridgehead atoms. The molecule has 2 atom stereocenters. The Bertz CT molecular complexity index is 1010. The van der Waals surface area contributed by atoms with Gasteiger partial charge in [-0.1, -0.05) is 16.4 Å². The summed E-state index contributed by atoms with van der Waals surface area (Å²) < 4.78 is 25.8. The van der Waals surface area contributed by atoms with Crippen LogP contribution in [0.4, 0.5) is 4.39 Å². The van der Waals surface area contributed by atoms with Crippen molar-refractivity contribution in [2.75, 3.05) is 0 Å². The summed E-state index contributed by atoms with van der Waals surface area (Å²) >= 11 is 0. The van der Waals surface area contributed by atoms with E-state index in [0.717, 1.165) is 11.3 Å². The lowest BCUT2D eigenvalue weighted by Gasteiger charge is -2.16. The number of nitrogens with one attached hydrogen (secondary N) is 1. The Morgan fingerprint density at radius 2 is 2.15 bits per heavy atom. The molecule has 2 aromatic heterocycles. The zero-order valence-corrected chi connectivity index (χ0v) is 15.1. The van der Waals surface area contributed by atoms with Gasteiger partial charge in [0, 0.05) is 17.7 Å². The van der Waals surface area contributed by atoms with Gasteiger partial charge >= 0.3 is 0 Å². The summed E-state index contributed by atoms with van der Waals surface area (Å²) in [5.74, 6) is 0.314. The molecule has 1 aliphatic heterocycles. The molecule has 0 unspecified atom stereocenters. The van der Waals surface area contributed by atoms with Crippen LogP contribution in [-0.2, 0) is 6.54 Å². The van der Waals surface area contributed by atoms with Crippen LogP contribution in [0.15, 0.2) is 28.8 Å². The second kappa shape index (κ2) is 6.49. The fraction of sp³-hybridized carbons (Fsp3) is 0.333. The van der Waals surface area contributed by atoms with Gasteiger partial charge in [0.2, 0.25) is 0 Å². The van der Waals surface area contributed by atoms with Crippen molar-refractivity contribution in [2.45, 2.75) is 39.5 Å². The minimum Gasteiger partial charge on any atom is -0.488 e. The van der Waals surface area contributed by atoms with Crippen molar-refractivity contribution in [3.63, 3.8) is 0 Å². The van der Waals surface area contributed by atoms with Gasteiger partial charge in [0.15, 0.2) is 11.5 Å². The zero-order valence-electron chi connectivity index (χ0n) is 15.1. The second-order valence-corrected chi connectivity index (χ2v) is 6.57. The van der Waals surface area contributed by atoms with Crippen LogP contribution in [0.2, 0.25) is 0 Å². The van der Waals surface area contributed by atoms with Gasteiger partial charge in [-0.3, -0.25) is 4.79 Å². The molecule has 0 spiro atoms. The highest BCUT2D eigenvalue weighted by Crippen LogP contribution is 2.37. The topological polar surface area (TPSA) is 95.1 Å². The molecule has 0 fully saturated rings. The summed E-state index contributed by atoms with van der Waals surface area (Å²) in [5.41, 5.74) is 2.33. The summed E-state index contributed by atoms with van der Waals surface area (Å²) in [7, 11) is 0. The highest BCUT2D eigenvalue weighted by Gasteiger charge is 2.34. The van der Waals surface area contributed by atoms with E-state index in [2.05, 4.69) is 20.8 Å². The molecule has 1 aromatic carbocycles. The maximum Gasteiger partial charge on any atom is 0.274 e. The van der Waals surface area contributed by atoms with Crippen molar-refractivity contribution in [3.05, 3.63) is 58.5 Å². The second-order valence-electron chi connectivity index (χ2n) is 6.57. The number of aryl methyl sites for hydroxylation is 1. The predicted octanol–water partition coefficient (Wildman–Crippen LogP) is 2.32. The SMILES string of the molecule is Cc1cc(Cn2nnc(C(=O)N[C@@H]3c4ccc(F)cc4O[C@H]3C)c2C)on1. The summed E-state index contributed by atoms with van der Waals surface area (Å²) in [4.78, 5) is 12.7. The molecule has 4 rings (SSSR count). The van der Waals surface area contributed by atoms with E-state index < -0.39 is 6.04 Å². The molecule has 0 saturated carbocycles. The zero-order chi connectivity index (χ0) is 19.1. The number of carbonyl (C=O) groups excluding carboxylic acids is 1. The lowest BCUT2D eigenvalue weighted by Crippen LogP contribution is -2.34. The number of ether oxygens (including phenoxy) is 1. The first-order valence-electron chi connectivity index (χ1n) is 8.51. The first-order chi connectivity index (χ1) is 12.9. The molecule has 1 aliphatic rings. The van der Waals surface area contributed by atoms with Gasteiger partial charge in [0.25, 0.3) is 5.91 Å². The third-order valence-corrected chi connectivity index (χ3v) is 4.56. The standard InChI is InChI=1S/C18H18FN5O3/c1-9-6-13(27-22-9)8-24-10(2)16(21-23-24)18(25)20-17-11(3)26-15-7-12(19)4-5-14(15)17/h4-7,11,17H,8H2,1-3H3,(H,20,25)/t11-,17-/m0/s1. The van der Waals surface area contributed by atoms with E-state index >= 15 is 0 Å². The Hall–Kier alpha value is -3.23. The molecule has 3 aromatic rings. The number of hydrogen-bond donors (Lipinski definition) is 1. The number of fused-ring (bicyclic) bond motifs is 1. The monoisotopic (exact) mass is 371 g/mol. The van der Waals surface area contributed by atoms with E-state index in [9.17, 15) is 9.18 Å². The number of rotatable bonds is 4. The molecule has 1 N–H and O–H groups in total. The Labute approximate surface area is 154 Å². The predicted molar refractivity (Wildman–Crippen MR) is 91.8 cm³/mol. The molecule has 0 saturated heterocycles. The minimum absolute atomic E-state index is 0.217. The van der Waals surface area contributed by atoms with E-state index in [1.165, 1.54) is 12.1 Å². The summed E-state index contributed by atoms with van der Waals surface area (Å²) in [5, 5.41) is 14.8. The minimum atomic E-state index is -0.394. The van der Waals surface area contributed by atoms with Crippen molar-refractivity contribution in [1.82, 2.24) is 25.5 Å². The number of aromatic nitrogens is 4. The molecular formula is C18H18FN5O3. The molecule has 9 heteroatoms. The molecule has 3 heterocycles. The van der Waals surface area contributed by atoms with Crippen molar-refractivity contribution < 1.29 is 18.4 Å². The van der Waals surface area contributed by atoms with Gasteiger partial charge in [-0.2, -0.15) is 0 Å². The van der Waals surface area contributed by atoms with Crippen LogP contribution in [0, 0.1) is 19.7 Å². The van der Waals surface area contributed by atoms with Crippen LogP contribution in [-0.4, -0.2) is 32.2 Å². The van der Waals surface area contributed by atoms with E-state index in [4.69, 9.17) is 9.26 Å². The van der Waals surface area contributed by atoms with Gasteiger partial charge in [0.1, 0.15) is 24.2 Å². The molecule has 1 amide bonds. The summed E-state index contributed by atoms with van der Waals surface area (Å²) in [6.07, 6.45) is -0.321. The average Bonchev–Trinajstić information content (AvgIpc) is 3.27. The maximum atomic E-state index is 13.4. The largest absolute Gasteiger partial charge is 0.488 e. The first kappa shape index (κ1) is 17.2. The van der Waals surface area contributed by atoms with E-state index in [1.807, 2.05) is 13.8 Å². The van der Waals surface area contributed by atoms with Crippen molar-refractivity contribution >= 4 is 5.91 Å². The average molecular weight is 371 g/mol. The smallest absolute Gasteiger partial charge is 0.274 e. The van der Waals surface area contributed by atoms with Gasteiger partial charge < -0.3 is 14.6 Å². The van der Waals surface area contributed by atoms with Gasteiger partial charge in [-0.15, -0.1) is 5.10 Å². The number of hydrogen-bond acceptors (Lipinski definition) is 6. The summed E-state index contributed by atoms with van der Waals surface area (Å²) in [6.45, 7) is 5.74. The Morgan fingerprint density at radius 3 is 2.89 bits per heavy atom. The molecule has 140 valence electrons. The molecule has 0 aliphatic carbocycles. The van der Waals surface area contributed by atoms with Gasteiger partial charge in [0.05, 0.1) is 17.4 Å². The molecule has 8 nitrogen and oxygen atoms in total. The normalized spacial score (nSPS) is 18.2. The highest BCUT2D eigenvalue weighted by atomic mass is 19.1. The van der Waals surface area contributed by atoms with Crippen LogP contribution in [0.3, 0.4) is 0 Å². The van der Waals surface area contributed by atoms with Crippen molar-refractivity contribution in [2.24, 2.45) is 0 Å². The van der Waals surface area contributed by atoms with Gasteiger partial charge in [-0.05, 0) is 26.8 Å². The number of benzene rings is 1. The molecule has 27 heavy (non-hydrogen) atoms. The maximum absolute atomic E-state index is 13.4. The molecule has 0 radical (unpaired) electrons. The van der Waals surface area contributed by atoms with Crippen LogP contribution in [0.1, 0.15) is 46.2 Å². The number of carbonyl (C=O) groups is 1. The van der Waals surface area contributed by atoms with Crippen LogP contribution >= 0.6 is 0 Å². The Balaban J connectivity index is 1.52. The van der Waals surface area contributed by atoms with Crippen molar-refractivity contribution in [3.8, 4) is 5.75 Å². The van der Waals surface area contributed by atoms with Crippen LogP contribution in [0.25, 0.3) is 0 Å². The molecular weight excluding hydrogens is 353 g/mol. The van der Waals surface area contributed by atoms with E-state index in [-0.39, 0.29) is 23.5 Å². The Morgan fingerprint density at radius 1 is 1.33 bits per heavy atom. The lowest BCUT2D eigenvalue weighted by atomic mass is 10.0. The fourth-order valence-electron chi connectivity index (χ4n) is 3.15. The number of amides is 1.